The molecule has 142 valence electrons. The summed E-state index contributed by atoms with van der Waals surface area (Å²) in [5.41, 5.74) is 0. The SMILES string of the molecule is CN=C(NCc1nccn1CC(C)C)N1CCC(N2CCCC2)C1.I. The molecule has 3 rings (SSSR count). The third-order valence-corrected chi connectivity index (χ3v) is 5.10. The average Bonchev–Trinajstić information content (AvgIpc) is 3.28. The molecule has 25 heavy (non-hydrogen) atoms. The molecule has 0 bridgehead atoms. The molecule has 3 heterocycles. The van der Waals surface area contributed by atoms with Crippen molar-refractivity contribution < 1.29 is 0 Å². The Morgan fingerprint density at radius 1 is 1.32 bits per heavy atom. The van der Waals surface area contributed by atoms with E-state index in [0.29, 0.717) is 12.0 Å². The van der Waals surface area contributed by atoms with Crippen molar-refractivity contribution >= 4 is 29.9 Å². The summed E-state index contributed by atoms with van der Waals surface area (Å²) in [6.07, 6.45) is 7.94. The molecular weight excluding hydrogens is 427 g/mol. The molecule has 2 aliphatic rings. The van der Waals surface area contributed by atoms with E-state index in [1.807, 2.05) is 13.2 Å². The van der Waals surface area contributed by atoms with E-state index in [-0.39, 0.29) is 24.0 Å². The van der Waals surface area contributed by atoms with E-state index >= 15 is 0 Å². The number of halogens is 1. The van der Waals surface area contributed by atoms with Crippen LogP contribution in [0.4, 0.5) is 0 Å². The number of guanidine groups is 1. The Kier molecular flexibility index (Phi) is 7.99. The average molecular weight is 460 g/mol. The number of nitrogens with one attached hydrogen (secondary N) is 1. The molecular formula is C18H33IN6. The number of hydrogen-bond donors (Lipinski definition) is 1. The molecule has 2 aliphatic heterocycles. The molecule has 0 aliphatic carbocycles. The van der Waals surface area contributed by atoms with Crippen molar-refractivity contribution in [3.05, 3.63) is 18.2 Å². The van der Waals surface area contributed by atoms with Gasteiger partial charge in [0.1, 0.15) is 5.82 Å². The predicted octanol–water partition coefficient (Wildman–Crippen LogP) is 2.40. The van der Waals surface area contributed by atoms with E-state index in [1.54, 1.807) is 0 Å². The van der Waals surface area contributed by atoms with E-state index in [0.717, 1.165) is 38.0 Å². The molecule has 1 aromatic rings. The molecule has 2 fully saturated rings. The Labute approximate surface area is 169 Å². The minimum Gasteiger partial charge on any atom is -0.349 e. The third kappa shape index (κ3) is 5.32. The van der Waals surface area contributed by atoms with E-state index in [1.165, 1.54) is 32.4 Å². The van der Waals surface area contributed by atoms with Gasteiger partial charge >= 0.3 is 0 Å². The predicted molar refractivity (Wildman–Crippen MR) is 113 cm³/mol. The van der Waals surface area contributed by atoms with Crippen LogP contribution in [-0.2, 0) is 13.1 Å². The van der Waals surface area contributed by atoms with Crippen LogP contribution in [0.15, 0.2) is 17.4 Å². The van der Waals surface area contributed by atoms with Gasteiger partial charge in [-0.1, -0.05) is 13.8 Å². The van der Waals surface area contributed by atoms with Crippen LogP contribution < -0.4 is 5.32 Å². The zero-order valence-corrected chi connectivity index (χ0v) is 18.1. The van der Waals surface area contributed by atoms with Crippen LogP contribution in [0.2, 0.25) is 0 Å². The fourth-order valence-corrected chi connectivity index (χ4v) is 3.90. The second-order valence-electron chi connectivity index (χ2n) is 7.42. The van der Waals surface area contributed by atoms with Crippen molar-refractivity contribution in [2.24, 2.45) is 10.9 Å². The second kappa shape index (κ2) is 9.75. The Bertz CT molecular complexity index is 550. The van der Waals surface area contributed by atoms with Gasteiger partial charge in [-0.25, -0.2) is 4.98 Å². The van der Waals surface area contributed by atoms with Crippen molar-refractivity contribution in [1.29, 1.82) is 0 Å². The summed E-state index contributed by atoms with van der Waals surface area (Å²) in [4.78, 5) is 14.1. The standard InChI is InChI=1S/C18H32N6.HI/c1-15(2)13-23-11-7-20-17(23)12-21-18(19-3)24-10-6-16(14-24)22-8-4-5-9-22;/h7,11,15-16H,4-6,8-10,12-14H2,1-3H3,(H,19,21);1H. The number of nitrogens with zero attached hydrogens (tertiary/aromatic N) is 5. The molecule has 7 heteroatoms. The zero-order valence-electron chi connectivity index (χ0n) is 15.8. The molecule has 0 radical (unpaired) electrons. The number of aliphatic imine (C=N–C) groups is 1. The maximum atomic E-state index is 4.50. The van der Waals surface area contributed by atoms with E-state index in [9.17, 15) is 0 Å². The number of hydrogen-bond acceptors (Lipinski definition) is 3. The summed E-state index contributed by atoms with van der Waals surface area (Å²) in [6.45, 7) is 11.0. The first-order valence-electron chi connectivity index (χ1n) is 9.37. The van der Waals surface area contributed by atoms with Crippen LogP contribution in [0.5, 0.6) is 0 Å². The summed E-state index contributed by atoms with van der Waals surface area (Å²) < 4.78 is 2.24. The molecule has 1 N–H and O–H groups in total. The van der Waals surface area contributed by atoms with Gasteiger partial charge in [0.05, 0.1) is 6.54 Å². The summed E-state index contributed by atoms with van der Waals surface area (Å²) >= 11 is 0. The molecule has 0 aromatic carbocycles. The van der Waals surface area contributed by atoms with Gasteiger partial charge < -0.3 is 14.8 Å². The van der Waals surface area contributed by atoms with E-state index < -0.39 is 0 Å². The largest absolute Gasteiger partial charge is 0.349 e. The summed E-state index contributed by atoms with van der Waals surface area (Å²) in [7, 11) is 1.88. The first-order valence-corrected chi connectivity index (χ1v) is 9.37. The minimum absolute atomic E-state index is 0. The van der Waals surface area contributed by atoms with Crippen molar-refractivity contribution in [3.63, 3.8) is 0 Å². The van der Waals surface area contributed by atoms with Crippen LogP contribution in [0.25, 0.3) is 0 Å². The Hall–Kier alpha value is -0.830. The maximum absolute atomic E-state index is 4.50. The van der Waals surface area contributed by atoms with Crippen LogP contribution in [0.1, 0.15) is 38.9 Å². The fraction of sp³-hybridized carbons (Fsp3) is 0.778. The zero-order chi connectivity index (χ0) is 16.9. The molecule has 1 aromatic heterocycles. The highest BCUT2D eigenvalue weighted by atomic mass is 127. The molecule has 1 atom stereocenters. The van der Waals surface area contributed by atoms with Gasteiger partial charge in [0.2, 0.25) is 0 Å². The van der Waals surface area contributed by atoms with Gasteiger partial charge in [-0.3, -0.25) is 9.89 Å². The van der Waals surface area contributed by atoms with Crippen LogP contribution in [-0.4, -0.2) is 64.6 Å². The number of imidazole rings is 1. The highest BCUT2D eigenvalue weighted by Gasteiger charge is 2.30. The smallest absolute Gasteiger partial charge is 0.194 e. The van der Waals surface area contributed by atoms with Gasteiger partial charge in [-0.2, -0.15) is 0 Å². The van der Waals surface area contributed by atoms with Gasteiger partial charge in [-0.05, 0) is 38.3 Å². The number of likely N-dealkylation sites (tertiary alicyclic amines) is 2. The quantitative estimate of drug-likeness (QED) is 0.417. The summed E-state index contributed by atoms with van der Waals surface area (Å²) in [5, 5.41) is 3.51. The normalized spacial score (nSPS) is 21.8. The van der Waals surface area contributed by atoms with Crippen molar-refractivity contribution in [3.8, 4) is 0 Å². The fourth-order valence-electron chi connectivity index (χ4n) is 3.90. The monoisotopic (exact) mass is 460 g/mol. The van der Waals surface area contributed by atoms with Gasteiger partial charge in [0.15, 0.2) is 5.96 Å². The lowest BCUT2D eigenvalue weighted by Crippen LogP contribution is -2.42. The molecule has 0 spiro atoms. The highest BCUT2D eigenvalue weighted by Crippen LogP contribution is 2.20. The molecule has 0 saturated carbocycles. The third-order valence-electron chi connectivity index (χ3n) is 5.10. The summed E-state index contributed by atoms with van der Waals surface area (Å²) in [5.74, 6) is 2.72. The first-order chi connectivity index (χ1) is 11.7. The van der Waals surface area contributed by atoms with Crippen molar-refractivity contribution in [2.45, 2.75) is 52.2 Å². The second-order valence-corrected chi connectivity index (χ2v) is 7.42. The lowest BCUT2D eigenvalue weighted by molar-refractivity contribution is 0.249. The molecule has 2 saturated heterocycles. The topological polar surface area (TPSA) is 48.7 Å². The number of rotatable bonds is 5. The Balaban J connectivity index is 0.00000225. The Morgan fingerprint density at radius 2 is 2.08 bits per heavy atom. The molecule has 1 unspecified atom stereocenters. The lowest BCUT2D eigenvalue weighted by atomic mass is 10.2. The first kappa shape index (κ1) is 20.5. The summed E-state index contributed by atoms with van der Waals surface area (Å²) in [6, 6.07) is 0.703. The maximum Gasteiger partial charge on any atom is 0.194 e. The van der Waals surface area contributed by atoms with Gasteiger partial charge in [-0.15, -0.1) is 24.0 Å². The van der Waals surface area contributed by atoms with Crippen LogP contribution in [0, 0.1) is 5.92 Å². The highest BCUT2D eigenvalue weighted by molar-refractivity contribution is 14.0. The van der Waals surface area contributed by atoms with Gasteiger partial charge in [0, 0.05) is 45.1 Å². The minimum atomic E-state index is 0. The van der Waals surface area contributed by atoms with Crippen LogP contribution in [0.3, 0.4) is 0 Å². The molecule has 0 amide bonds. The van der Waals surface area contributed by atoms with E-state index in [4.69, 9.17) is 0 Å². The van der Waals surface area contributed by atoms with Gasteiger partial charge in [0.25, 0.3) is 0 Å². The van der Waals surface area contributed by atoms with Crippen molar-refractivity contribution in [1.82, 2.24) is 24.7 Å². The molecule has 6 nitrogen and oxygen atoms in total. The van der Waals surface area contributed by atoms with Crippen LogP contribution >= 0.6 is 24.0 Å². The van der Waals surface area contributed by atoms with Crippen molar-refractivity contribution in [2.75, 3.05) is 33.2 Å². The van der Waals surface area contributed by atoms with E-state index in [2.05, 4.69) is 49.7 Å². The Morgan fingerprint density at radius 3 is 2.76 bits per heavy atom. The number of aromatic nitrogens is 2. The lowest BCUT2D eigenvalue weighted by Gasteiger charge is -2.25.